The fourth-order valence-electron chi connectivity index (χ4n) is 2.01. The molecule has 0 aromatic carbocycles. The summed E-state index contributed by atoms with van der Waals surface area (Å²) in [5, 5.41) is 7.38. The molecule has 2 heterocycles. The van der Waals surface area contributed by atoms with Crippen molar-refractivity contribution in [1.29, 1.82) is 0 Å². The van der Waals surface area contributed by atoms with Gasteiger partial charge in [0.1, 0.15) is 15.8 Å². The molecule has 1 aliphatic rings. The fraction of sp³-hybridized carbons (Fsp3) is 0.571. The maximum Gasteiger partial charge on any atom is 0.149 e. The minimum atomic E-state index is 0.557. The molecule has 1 saturated carbocycles. The first-order valence-electron chi connectivity index (χ1n) is 7.23. The van der Waals surface area contributed by atoms with E-state index in [1.165, 1.54) is 24.4 Å². The van der Waals surface area contributed by atoms with Crippen LogP contribution in [0.15, 0.2) is 5.38 Å². The van der Waals surface area contributed by atoms with Crippen molar-refractivity contribution in [2.45, 2.75) is 26.2 Å². The Morgan fingerprint density at radius 1 is 1.48 bits per heavy atom. The van der Waals surface area contributed by atoms with Crippen molar-refractivity contribution in [3.63, 3.8) is 0 Å². The predicted molar refractivity (Wildman–Crippen MR) is 89.0 cm³/mol. The third kappa shape index (κ3) is 3.93. The van der Waals surface area contributed by atoms with Crippen LogP contribution in [0.5, 0.6) is 0 Å². The van der Waals surface area contributed by atoms with Gasteiger partial charge in [0.15, 0.2) is 0 Å². The SMILES string of the molecule is Cc1csc(-c2c(N)nsc2NCCCOCC2CC2)n1. The summed E-state index contributed by atoms with van der Waals surface area (Å²) in [5.74, 6) is 1.39. The number of anilines is 2. The second-order valence-corrected chi connectivity index (χ2v) is 7.00. The van der Waals surface area contributed by atoms with E-state index in [-0.39, 0.29) is 0 Å². The average Bonchev–Trinajstić information content (AvgIpc) is 3.09. The maximum absolute atomic E-state index is 5.98. The summed E-state index contributed by atoms with van der Waals surface area (Å²) in [6.45, 7) is 4.59. The average molecular weight is 324 g/mol. The molecule has 0 amide bonds. The van der Waals surface area contributed by atoms with Gasteiger partial charge in [-0.2, -0.15) is 4.37 Å². The molecule has 3 rings (SSSR count). The number of rotatable bonds is 8. The van der Waals surface area contributed by atoms with Crippen molar-refractivity contribution >= 4 is 33.7 Å². The van der Waals surface area contributed by atoms with Gasteiger partial charge in [0.2, 0.25) is 0 Å². The van der Waals surface area contributed by atoms with E-state index in [0.29, 0.717) is 5.82 Å². The van der Waals surface area contributed by atoms with Gasteiger partial charge < -0.3 is 15.8 Å². The number of nitrogens with one attached hydrogen (secondary N) is 1. The van der Waals surface area contributed by atoms with E-state index in [0.717, 1.165) is 53.4 Å². The third-order valence-electron chi connectivity index (χ3n) is 3.35. The maximum atomic E-state index is 5.98. The van der Waals surface area contributed by atoms with E-state index in [1.54, 1.807) is 11.3 Å². The number of thiazole rings is 1. The molecule has 1 aliphatic carbocycles. The van der Waals surface area contributed by atoms with E-state index < -0.39 is 0 Å². The van der Waals surface area contributed by atoms with E-state index in [2.05, 4.69) is 14.7 Å². The lowest BCUT2D eigenvalue weighted by Gasteiger charge is -2.06. The monoisotopic (exact) mass is 324 g/mol. The van der Waals surface area contributed by atoms with Crippen molar-refractivity contribution in [2.75, 3.05) is 30.8 Å². The number of nitrogen functional groups attached to an aromatic ring is 1. The normalized spacial score (nSPS) is 14.5. The Kier molecular flexibility index (Phi) is 4.72. The van der Waals surface area contributed by atoms with Gasteiger partial charge >= 0.3 is 0 Å². The predicted octanol–water partition coefficient (Wildman–Crippen LogP) is 3.39. The molecule has 5 nitrogen and oxygen atoms in total. The van der Waals surface area contributed by atoms with Crippen LogP contribution >= 0.6 is 22.9 Å². The van der Waals surface area contributed by atoms with Crippen molar-refractivity contribution in [2.24, 2.45) is 5.92 Å². The summed E-state index contributed by atoms with van der Waals surface area (Å²) >= 11 is 3.00. The van der Waals surface area contributed by atoms with Gasteiger partial charge in [0.05, 0.1) is 5.56 Å². The molecule has 114 valence electrons. The number of aryl methyl sites for hydroxylation is 1. The Morgan fingerprint density at radius 2 is 2.33 bits per heavy atom. The molecular formula is C14H20N4OS2. The zero-order valence-electron chi connectivity index (χ0n) is 12.1. The van der Waals surface area contributed by atoms with E-state index in [4.69, 9.17) is 10.5 Å². The highest BCUT2D eigenvalue weighted by Crippen LogP contribution is 2.38. The minimum Gasteiger partial charge on any atom is -0.382 e. The molecule has 0 radical (unpaired) electrons. The number of aromatic nitrogens is 2. The van der Waals surface area contributed by atoms with E-state index in [9.17, 15) is 0 Å². The first-order valence-corrected chi connectivity index (χ1v) is 8.88. The lowest BCUT2D eigenvalue weighted by Crippen LogP contribution is -2.06. The van der Waals surface area contributed by atoms with Crippen LogP contribution < -0.4 is 11.1 Å². The third-order valence-corrected chi connectivity index (χ3v) is 5.15. The quantitative estimate of drug-likeness (QED) is 0.728. The standard InChI is InChI=1S/C14H20N4OS2/c1-9-8-20-14(17-9)11-12(15)18-21-13(11)16-5-2-6-19-7-10-3-4-10/h8,10,16H,2-7H2,1H3,(H2,15,18). The van der Waals surface area contributed by atoms with Gasteiger partial charge in [-0.15, -0.1) is 11.3 Å². The Balaban J connectivity index is 1.50. The molecule has 7 heteroatoms. The van der Waals surface area contributed by atoms with Crippen LogP contribution in [0.2, 0.25) is 0 Å². The van der Waals surface area contributed by atoms with Gasteiger partial charge in [-0.25, -0.2) is 4.98 Å². The van der Waals surface area contributed by atoms with Crippen molar-refractivity contribution in [3.05, 3.63) is 11.1 Å². The molecule has 0 bridgehead atoms. The Morgan fingerprint density at radius 3 is 3.05 bits per heavy atom. The molecule has 2 aromatic rings. The minimum absolute atomic E-state index is 0.557. The van der Waals surface area contributed by atoms with Crippen LogP contribution in [-0.2, 0) is 4.74 Å². The molecule has 21 heavy (non-hydrogen) atoms. The Labute approximate surface area is 132 Å². The van der Waals surface area contributed by atoms with Crippen molar-refractivity contribution < 1.29 is 4.74 Å². The van der Waals surface area contributed by atoms with Crippen LogP contribution in [0.3, 0.4) is 0 Å². The van der Waals surface area contributed by atoms with Gasteiger partial charge in [0.25, 0.3) is 0 Å². The first-order chi connectivity index (χ1) is 10.2. The fourth-order valence-corrected chi connectivity index (χ4v) is 3.67. The number of nitrogens with two attached hydrogens (primary N) is 1. The molecular weight excluding hydrogens is 304 g/mol. The second-order valence-electron chi connectivity index (χ2n) is 5.36. The van der Waals surface area contributed by atoms with Crippen LogP contribution in [-0.4, -0.2) is 29.1 Å². The summed E-state index contributed by atoms with van der Waals surface area (Å²) in [5.41, 5.74) is 7.93. The Bertz CT molecular complexity index is 592. The van der Waals surface area contributed by atoms with Crippen molar-refractivity contribution in [1.82, 2.24) is 9.36 Å². The highest BCUT2D eigenvalue weighted by molar-refractivity contribution is 7.15. The summed E-state index contributed by atoms with van der Waals surface area (Å²) in [6, 6.07) is 0. The molecule has 0 atom stereocenters. The number of hydrogen-bond donors (Lipinski definition) is 2. The van der Waals surface area contributed by atoms with Gasteiger partial charge in [0, 0.05) is 30.8 Å². The van der Waals surface area contributed by atoms with Crippen LogP contribution in [0, 0.1) is 12.8 Å². The number of nitrogens with zero attached hydrogens (tertiary/aromatic N) is 2. The molecule has 3 N–H and O–H groups in total. The highest BCUT2D eigenvalue weighted by atomic mass is 32.1. The van der Waals surface area contributed by atoms with Gasteiger partial charge in [-0.05, 0) is 43.6 Å². The summed E-state index contributed by atoms with van der Waals surface area (Å²) in [7, 11) is 0. The largest absolute Gasteiger partial charge is 0.382 e. The molecule has 0 aliphatic heterocycles. The molecule has 0 unspecified atom stereocenters. The molecule has 1 fully saturated rings. The zero-order chi connectivity index (χ0) is 14.7. The van der Waals surface area contributed by atoms with Crippen LogP contribution in [0.25, 0.3) is 10.6 Å². The summed E-state index contributed by atoms with van der Waals surface area (Å²) in [4.78, 5) is 4.50. The number of hydrogen-bond acceptors (Lipinski definition) is 7. The zero-order valence-corrected chi connectivity index (χ0v) is 13.7. The molecule has 0 saturated heterocycles. The van der Waals surface area contributed by atoms with Crippen LogP contribution in [0.1, 0.15) is 25.0 Å². The topological polar surface area (TPSA) is 73.1 Å². The van der Waals surface area contributed by atoms with Gasteiger partial charge in [-0.3, -0.25) is 0 Å². The highest BCUT2D eigenvalue weighted by Gasteiger charge is 2.21. The summed E-state index contributed by atoms with van der Waals surface area (Å²) in [6.07, 6.45) is 3.67. The first kappa shape index (κ1) is 14.7. The smallest absolute Gasteiger partial charge is 0.149 e. The second kappa shape index (κ2) is 6.72. The lowest BCUT2D eigenvalue weighted by molar-refractivity contribution is 0.124. The van der Waals surface area contributed by atoms with E-state index >= 15 is 0 Å². The van der Waals surface area contributed by atoms with Crippen LogP contribution in [0.4, 0.5) is 10.8 Å². The lowest BCUT2D eigenvalue weighted by atomic mass is 10.3. The number of ether oxygens (including phenoxy) is 1. The molecule has 0 spiro atoms. The van der Waals surface area contributed by atoms with Gasteiger partial charge in [-0.1, -0.05) is 0 Å². The van der Waals surface area contributed by atoms with Crippen molar-refractivity contribution in [3.8, 4) is 10.6 Å². The Hall–Kier alpha value is -1.18. The van der Waals surface area contributed by atoms with E-state index in [1.807, 2.05) is 12.3 Å². The summed E-state index contributed by atoms with van der Waals surface area (Å²) < 4.78 is 9.87. The molecule has 2 aromatic heterocycles.